The molecule has 0 aromatic rings. The number of hydrogen-bond acceptors (Lipinski definition) is 2. The van der Waals surface area contributed by atoms with Gasteiger partial charge in [-0.05, 0) is 67.1 Å². The van der Waals surface area contributed by atoms with Crippen LogP contribution in [0.4, 0.5) is 0 Å². The van der Waals surface area contributed by atoms with E-state index in [1.807, 2.05) is 0 Å². The number of likely N-dealkylation sites (tertiary alicyclic amines) is 1. The molecule has 156 valence electrons. The summed E-state index contributed by atoms with van der Waals surface area (Å²) in [6.07, 6.45) is 12.2. The Balaban J connectivity index is 1.51. The molecule has 4 aliphatic rings. The SMILES string of the molecule is CC(C)CCC[C@@H](C)[C@H]1CC[C@H]2C3=CCC4C(=O)N(C)C(=O)C4[C@@H]3CC[C@]12C. The normalized spacial score (nSPS) is 41.0. The molecule has 2 saturated carbocycles. The van der Waals surface area contributed by atoms with Gasteiger partial charge in [-0.1, -0.05) is 58.6 Å². The van der Waals surface area contributed by atoms with Crippen molar-refractivity contribution in [2.75, 3.05) is 7.05 Å². The fraction of sp³-hybridized carbons (Fsp3) is 0.840. The van der Waals surface area contributed by atoms with Gasteiger partial charge in [-0.25, -0.2) is 0 Å². The van der Waals surface area contributed by atoms with Crippen molar-refractivity contribution in [3.05, 3.63) is 11.6 Å². The second kappa shape index (κ2) is 7.29. The molecule has 1 heterocycles. The first-order valence-electron chi connectivity index (χ1n) is 11.8. The third kappa shape index (κ3) is 2.99. The van der Waals surface area contributed by atoms with Crippen LogP contribution in [0.1, 0.15) is 79.1 Å². The number of carbonyl (C=O) groups is 2. The molecule has 0 N–H and O–H groups in total. The van der Waals surface area contributed by atoms with Crippen LogP contribution < -0.4 is 0 Å². The zero-order valence-corrected chi connectivity index (χ0v) is 18.5. The number of hydrogen-bond donors (Lipinski definition) is 0. The lowest BCUT2D eigenvalue weighted by Gasteiger charge is -2.49. The van der Waals surface area contributed by atoms with Crippen LogP contribution in [-0.2, 0) is 9.59 Å². The van der Waals surface area contributed by atoms with Gasteiger partial charge in [0.25, 0.3) is 0 Å². The Kier molecular flexibility index (Phi) is 5.25. The molecule has 0 aromatic heterocycles. The van der Waals surface area contributed by atoms with Gasteiger partial charge < -0.3 is 0 Å². The van der Waals surface area contributed by atoms with Gasteiger partial charge in [0, 0.05) is 7.05 Å². The van der Waals surface area contributed by atoms with E-state index in [0.717, 1.165) is 30.6 Å². The number of fused-ring (bicyclic) bond motifs is 5. The lowest BCUT2D eigenvalue weighted by molar-refractivity contribution is -0.138. The van der Waals surface area contributed by atoms with Gasteiger partial charge in [0.2, 0.25) is 11.8 Å². The van der Waals surface area contributed by atoms with Gasteiger partial charge in [0.05, 0.1) is 11.8 Å². The van der Waals surface area contributed by atoms with Gasteiger partial charge >= 0.3 is 0 Å². The van der Waals surface area contributed by atoms with Crippen molar-refractivity contribution in [1.29, 1.82) is 0 Å². The number of nitrogens with zero attached hydrogens (tertiary/aromatic N) is 1. The third-order valence-electron chi connectivity index (χ3n) is 9.10. The first kappa shape index (κ1) is 20.2. The average molecular weight is 386 g/mol. The average Bonchev–Trinajstić information content (AvgIpc) is 3.11. The van der Waals surface area contributed by atoms with Crippen molar-refractivity contribution >= 4 is 11.8 Å². The summed E-state index contributed by atoms with van der Waals surface area (Å²) in [4.78, 5) is 26.7. The molecule has 0 spiro atoms. The quantitative estimate of drug-likeness (QED) is 0.466. The minimum absolute atomic E-state index is 0.0571. The molecule has 3 aliphatic carbocycles. The van der Waals surface area contributed by atoms with Gasteiger partial charge in [0.15, 0.2) is 0 Å². The zero-order valence-electron chi connectivity index (χ0n) is 18.5. The molecule has 4 rings (SSSR count). The van der Waals surface area contributed by atoms with E-state index in [0.29, 0.717) is 17.3 Å². The molecular formula is C25H39NO2. The zero-order chi connectivity index (χ0) is 20.2. The van der Waals surface area contributed by atoms with Crippen LogP contribution in [0.2, 0.25) is 0 Å². The third-order valence-corrected chi connectivity index (χ3v) is 9.10. The second-order valence-corrected chi connectivity index (χ2v) is 11.0. The topological polar surface area (TPSA) is 37.4 Å². The van der Waals surface area contributed by atoms with E-state index in [4.69, 9.17) is 0 Å². The van der Waals surface area contributed by atoms with Gasteiger partial charge in [-0.3, -0.25) is 14.5 Å². The molecule has 1 aliphatic heterocycles. The van der Waals surface area contributed by atoms with Crippen molar-refractivity contribution in [3.63, 3.8) is 0 Å². The summed E-state index contributed by atoms with van der Waals surface area (Å²) in [6.45, 7) is 9.69. The minimum Gasteiger partial charge on any atom is -0.285 e. The minimum atomic E-state index is -0.0808. The lowest BCUT2D eigenvalue weighted by atomic mass is 9.54. The summed E-state index contributed by atoms with van der Waals surface area (Å²) < 4.78 is 0. The van der Waals surface area contributed by atoms with Crippen LogP contribution in [0, 0.1) is 46.8 Å². The Labute approximate surface area is 171 Å². The molecular weight excluding hydrogens is 346 g/mol. The summed E-state index contributed by atoms with van der Waals surface area (Å²) in [5.74, 6) is 3.38. The van der Waals surface area contributed by atoms with Crippen LogP contribution in [0.25, 0.3) is 0 Å². The maximum atomic E-state index is 12.8. The van der Waals surface area contributed by atoms with E-state index in [1.54, 1.807) is 12.6 Å². The standard InChI is InChI=1S/C25H39NO2/c1-15(2)7-6-8-16(3)20-11-12-21-17-9-10-19-22(24(28)26(5)23(19)27)18(17)13-14-25(20,21)4/h9,15-16,18-22H,6-8,10-14H2,1-5H3/t16-,18-,19?,20-,21+,22?,25-/m1/s1. The predicted molar refractivity (Wildman–Crippen MR) is 112 cm³/mol. The highest BCUT2D eigenvalue weighted by atomic mass is 16.2. The van der Waals surface area contributed by atoms with Crippen molar-refractivity contribution in [3.8, 4) is 0 Å². The fourth-order valence-corrected chi connectivity index (χ4v) is 7.60. The monoisotopic (exact) mass is 385 g/mol. The molecule has 0 radical (unpaired) electrons. The largest absolute Gasteiger partial charge is 0.285 e. The summed E-state index contributed by atoms with van der Waals surface area (Å²) in [6, 6.07) is 0. The Hall–Kier alpha value is -1.12. The van der Waals surface area contributed by atoms with Gasteiger partial charge in [0.1, 0.15) is 0 Å². The van der Waals surface area contributed by atoms with Gasteiger partial charge in [-0.2, -0.15) is 0 Å². The predicted octanol–water partition coefficient (Wildman–Crippen LogP) is 5.45. The van der Waals surface area contributed by atoms with E-state index < -0.39 is 0 Å². The molecule has 2 unspecified atom stereocenters. The Morgan fingerprint density at radius 3 is 2.54 bits per heavy atom. The molecule has 2 amide bonds. The van der Waals surface area contributed by atoms with E-state index in [-0.39, 0.29) is 23.7 Å². The van der Waals surface area contributed by atoms with Crippen LogP contribution in [0.5, 0.6) is 0 Å². The van der Waals surface area contributed by atoms with E-state index >= 15 is 0 Å². The van der Waals surface area contributed by atoms with E-state index in [1.165, 1.54) is 43.4 Å². The first-order valence-corrected chi connectivity index (χ1v) is 11.8. The Bertz CT molecular complexity index is 680. The maximum absolute atomic E-state index is 12.8. The number of carbonyl (C=O) groups excluding carboxylic acids is 2. The molecule has 0 aromatic carbocycles. The lowest BCUT2D eigenvalue weighted by Crippen LogP contribution is -2.44. The maximum Gasteiger partial charge on any atom is 0.233 e. The van der Waals surface area contributed by atoms with E-state index in [2.05, 4.69) is 33.8 Å². The van der Waals surface area contributed by atoms with Crippen LogP contribution in [-0.4, -0.2) is 23.8 Å². The van der Waals surface area contributed by atoms with Crippen LogP contribution >= 0.6 is 0 Å². The first-order chi connectivity index (χ1) is 13.3. The van der Waals surface area contributed by atoms with Crippen molar-refractivity contribution in [1.82, 2.24) is 4.90 Å². The van der Waals surface area contributed by atoms with Crippen molar-refractivity contribution in [2.45, 2.75) is 79.1 Å². The highest BCUT2D eigenvalue weighted by Crippen LogP contribution is 2.63. The summed E-state index contributed by atoms with van der Waals surface area (Å²) >= 11 is 0. The van der Waals surface area contributed by atoms with E-state index in [9.17, 15) is 9.59 Å². The summed E-state index contributed by atoms with van der Waals surface area (Å²) in [7, 11) is 1.68. The number of amides is 2. The number of rotatable bonds is 5. The molecule has 28 heavy (non-hydrogen) atoms. The van der Waals surface area contributed by atoms with Crippen molar-refractivity contribution < 1.29 is 9.59 Å². The van der Waals surface area contributed by atoms with Gasteiger partial charge in [-0.15, -0.1) is 0 Å². The summed E-state index contributed by atoms with van der Waals surface area (Å²) in [5.41, 5.74) is 1.95. The Morgan fingerprint density at radius 2 is 1.82 bits per heavy atom. The highest BCUT2D eigenvalue weighted by molar-refractivity contribution is 6.05. The molecule has 0 bridgehead atoms. The number of imide groups is 1. The number of allylic oxidation sites excluding steroid dienone is 2. The Morgan fingerprint density at radius 1 is 1.07 bits per heavy atom. The molecule has 3 heteroatoms. The highest BCUT2D eigenvalue weighted by Gasteiger charge is 2.59. The second-order valence-electron chi connectivity index (χ2n) is 11.0. The summed E-state index contributed by atoms with van der Waals surface area (Å²) in [5, 5.41) is 0. The molecule has 3 nitrogen and oxygen atoms in total. The molecule has 1 saturated heterocycles. The van der Waals surface area contributed by atoms with Crippen molar-refractivity contribution in [2.24, 2.45) is 46.8 Å². The molecule has 3 fully saturated rings. The van der Waals surface area contributed by atoms with Crippen LogP contribution in [0.3, 0.4) is 0 Å². The fourth-order valence-electron chi connectivity index (χ4n) is 7.60. The molecule has 7 atom stereocenters. The van der Waals surface area contributed by atoms with Crippen LogP contribution in [0.15, 0.2) is 11.6 Å². The smallest absolute Gasteiger partial charge is 0.233 e.